The minimum atomic E-state index is -4.81. The lowest BCUT2D eigenvalue weighted by atomic mass is 10.1. The van der Waals surface area contributed by atoms with Crippen molar-refractivity contribution in [2.24, 2.45) is 0 Å². The number of halogens is 1. The van der Waals surface area contributed by atoms with E-state index in [9.17, 15) is 24.2 Å². The Morgan fingerprint density at radius 1 is 1.21 bits per heavy atom. The zero-order valence-corrected chi connectivity index (χ0v) is 19.7. The number of rotatable bonds is 8. The molecule has 17 heteroatoms. The van der Waals surface area contributed by atoms with Crippen molar-refractivity contribution in [3.8, 4) is 0 Å². The summed E-state index contributed by atoms with van der Waals surface area (Å²) in [6.45, 7) is -0.691. The molecule has 0 spiro atoms. The van der Waals surface area contributed by atoms with Gasteiger partial charge in [0.05, 0.1) is 18.5 Å². The van der Waals surface area contributed by atoms with Crippen LogP contribution >= 0.6 is 26.8 Å². The van der Waals surface area contributed by atoms with Crippen LogP contribution in [-0.4, -0.2) is 81.3 Å². The molecule has 14 nitrogen and oxygen atoms in total. The molecule has 1 unspecified atom stereocenters. The molecule has 0 radical (unpaired) electrons. The highest BCUT2D eigenvalue weighted by molar-refractivity contribution is 7.70. The van der Waals surface area contributed by atoms with Gasteiger partial charge in [-0.2, -0.15) is 4.98 Å². The van der Waals surface area contributed by atoms with Gasteiger partial charge < -0.3 is 39.5 Å². The summed E-state index contributed by atoms with van der Waals surface area (Å²) in [6.07, 6.45) is 0.148. The van der Waals surface area contributed by atoms with E-state index in [1.807, 2.05) is 0 Å². The van der Waals surface area contributed by atoms with Gasteiger partial charge in [-0.3, -0.25) is 9.13 Å². The van der Waals surface area contributed by atoms with E-state index >= 15 is 0 Å². The van der Waals surface area contributed by atoms with Gasteiger partial charge in [0.1, 0.15) is 24.4 Å². The van der Waals surface area contributed by atoms with Crippen molar-refractivity contribution in [2.45, 2.75) is 56.1 Å². The number of imidazole rings is 1. The molecule has 2 aromatic rings. The maximum absolute atomic E-state index is 11.9. The molecule has 1 saturated heterocycles. The average molecular weight is 528 g/mol. The lowest BCUT2D eigenvalue weighted by Gasteiger charge is -2.18. The van der Waals surface area contributed by atoms with Gasteiger partial charge in [-0.05, 0) is 24.4 Å². The van der Waals surface area contributed by atoms with Crippen LogP contribution in [0.3, 0.4) is 0 Å². The Morgan fingerprint density at radius 2 is 1.91 bits per heavy atom. The third-order valence-electron chi connectivity index (χ3n) is 5.52. The van der Waals surface area contributed by atoms with Crippen LogP contribution in [0.2, 0.25) is 5.28 Å². The fourth-order valence-corrected chi connectivity index (χ4v) is 6.75. The first kappa shape index (κ1) is 24.9. The van der Waals surface area contributed by atoms with Crippen LogP contribution in [0.15, 0.2) is 6.20 Å². The second-order valence-corrected chi connectivity index (χ2v) is 12.4. The van der Waals surface area contributed by atoms with Crippen LogP contribution in [-0.2, 0) is 18.4 Å². The zero-order chi connectivity index (χ0) is 24.0. The van der Waals surface area contributed by atoms with Crippen LogP contribution < -0.4 is 5.32 Å². The third-order valence-corrected chi connectivity index (χ3v) is 9.13. The first-order valence-corrected chi connectivity index (χ1v) is 14.1. The molecule has 5 atom stereocenters. The van der Waals surface area contributed by atoms with Gasteiger partial charge in [-0.25, -0.2) is 9.50 Å². The van der Waals surface area contributed by atoms with Crippen molar-refractivity contribution in [3.63, 3.8) is 0 Å². The Morgan fingerprint density at radius 3 is 2.58 bits per heavy atom. The van der Waals surface area contributed by atoms with Gasteiger partial charge in [0.2, 0.25) is 5.28 Å². The highest BCUT2D eigenvalue weighted by Gasteiger charge is 2.46. The molecule has 33 heavy (non-hydrogen) atoms. The Balaban J connectivity index is 1.53. The molecule has 184 valence electrons. The number of anilines is 1. The molecule has 2 aliphatic rings. The monoisotopic (exact) mass is 527 g/mol. The summed E-state index contributed by atoms with van der Waals surface area (Å²) >= 11 is 6.09. The lowest BCUT2D eigenvalue weighted by Crippen LogP contribution is -2.33. The fraction of sp³-hybridized carbons (Fsp3) is 0.688. The summed E-state index contributed by atoms with van der Waals surface area (Å²) in [6, 6.07) is 0.221. The quantitative estimate of drug-likeness (QED) is 0.260. The normalized spacial score (nSPS) is 28.4. The molecule has 0 bridgehead atoms. The largest absolute Gasteiger partial charge is 0.387 e. The molecule has 1 aliphatic heterocycles. The summed E-state index contributed by atoms with van der Waals surface area (Å²) in [4.78, 5) is 35.9. The second kappa shape index (κ2) is 9.46. The van der Waals surface area contributed by atoms with E-state index in [0.29, 0.717) is 11.5 Å². The molecular formula is C16H24ClN5O9P2. The number of aliphatic hydroxyl groups is 2. The molecule has 0 amide bonds. The predicted octanol–water partition coefficient (Wildman–Crippen LogP) is 0.631. The zero-order valence-electron chi connectivity index (χ0n) is 17.1. The molecule has 2 fully saturated rings. The minimum absolute atomic E-state index is 0.0752. The summed E-state index contributed by atoms with van der Waals surface area (Å²) in [5.41, 5.74) is 0.591. The van der Waals surface area contributed by atoms with Gasteiger partial charge in [0, 0.05) is 6.04 Å². The van der Waals surface area contributed by atoms with E-state index in [0.717, 1.165) is 25.7 Å². The standard InChI is InChI=1S/C16H24ClN5O9P2/c17-16-20-14(19-8-3-1-2-4-8)15-18-5-9(22(15)21-16)13-12(24)11(23)10(31-13)6-30-33(28,29)7-32(25,26)27/h5,8,10-13,23-24H,1-4,6-7H2,(H,28,29)(H,19,20,21)(H2,25,26,27)/t10-,11-,12-,13+/m1/s1. The Hall–Kier alpha value is -1.18. The topological polar surface area (TPSA) is 209 Å². The number of ether oxygens (including phenoxy) is 1. The number of nitrogens with one attached hydrogen (secondary N) is 1. The van der Waals surface area contributed by atoms with Crippen LogP contribution in [0.5, 0.6) is 0 Å². The molecule has 3 heterocycles. The van der Waals surface area contributed by atoms with Gasteiger partial charge in [-0.1, -0.05) is 12.8 Å². The van der Waals surface area contributed by atoms with Crippen LogP contribution in [0.25, 0.3) is 5.65 Å². The molecule has 0 aromatic carbocycles. The van der Waals surface area contributed by atoms with Crippen molar-refractivity contribution in [3.05, 3.63) is 17.2 Å². The van der Waals surface area contributed by atoms with Crippen molar-refractivity contribution < 1.29 is 43.3 Å². The number of aliphatic hydroxyl groups excluding tert-OH is 2. The first-order valence-electron chi connectivity index (χ1n) is 10.1. The van der Waals surface area contributed by atoms with E-state index in [4.69, 9.17) is 30.6 Å². The van der Waals surface area contributed by atoms with Gasteiger partial charge in [-0.15, -0.1) is 5.10 Å². The number of hydrogen-bond donors (Lipinski definition) is 6. The van der Waals surface area contributed by atoms with Crippen molar-refractivity contribution in [2.75, 3.05) is 17.8 Å². The molecule has 6 N–H and O–H groups in total. The summed E-state index contributed by atoms with van der Waals surface area (Å²) in [5, 5.41) is 28.2. The van der Waals surface area contributed by atoms with E-state index in [1.165, 1.54) is 10.7 Å². The third kappa shape index (κ3) is 5.73. The summed E-state index contributed by atoms with van der Waals surface area (Å²) in [5.74, 6) is -0.964. The minimum Gasteiger partial charge on any atom is -0.387 e. The summed E-state index contributed by atoms with van der Waals surface area (Å²) < 4.78 is 34.5. The van der Waals surface area contributed by atoms with Gasteiger partial charge in [0.25, 0.3) is 0 Å². The Kier molecular flexibility index (Phi) is 7.15. The Bertz CT molecular complexity index is 1110. The predicted molar refractivity (Wildman–Crippen MR) is 114 cm³/mol. The SMILES string of the molecule is O=P(O)(O)CP(=O)(O)OC[C@H]1O[C@@H](c2cnc3c(NC4CCCC4)nc(Cl)nn23)[C@H](O)[C@@H]1O. The number of fused-ring (bicyclic) bond motifs is 1. The smallest absolute Gasteiger partial charge is 0.340 e. The number of nitrogens with zero attached hydrogens (tertiary/aromatic N) is 4. The molecule has 2 aromatic heterocycles. The molecule has 1 aliphatic carbocycles. The summed E-state index contributed by atoms with van der Waals surface area (Å²) in [7, 11) is -9.47. The number of hydrogen-bond acceptors (Lipinski definition) is 10. The van der Waals surface area contributed by atoms with E-state index in [2.05, 4.69) is 20.4 Å². The van der Waals surface area contributed by atoms with Crippen molar-refractivity contribution >= 4 is 38.3 Å². The van der Waals surface area contributed by atoms with Crippen molar-refractivity contribution in [1.82, 2.24) is 19.6 Å². The van der Waals surface area contributed by atoms with Gasteiger partial charge in [0.15, 0.2) is 17.4 Å². The lowest BCUT2D eigenvalue weighted by molar-refractivity contribution is -0.0204. The maximum Gasteiger partial charge on any atom is 0.340 e. The van der Waals surface area contributed by atoms with E-state index in [1.54, 1.807) is 0 Å². The highest BCUT2D eigenvalue weighted by atomic mass is 35.5. The van der Waals surface area contributed by atoms with Crippen molar-refractivity contribution in [1.29, 1.82) is 0 Å². The first-order chi connectivity index (χ1) is 15.4. The van der Waals surface area contributed by atoms with E-state index < -0.39 is 52.1 Å². The molecule has 1 saturated carbocycles. The van der Waals surface area contributed by atoms with Crippen LogP contribution in [0.4, 0.5) is 5.82 Å². The number of aromatic nitrogens is 4. The molecule has 4 rings (SSSR count). The highest BCUT2D eigenvalue weighted by Crippen LogP contribution is 2.55. The van der Waals surface area contributed by atoms with E-state index in [-0.39, 0.29) is 17.0 Å². The maximum atomic E-state index is 11.9. The van der Waals surface area contributed by atoms with Crippen LogP contribution in [0, 0.1) is 0 Å². The van der Waals surface area contributed by atoms with Gasteiger partial charge >= 0.3 is 15.2 Å². The molecular weight excluding hydrogens is 504 g/mol. The van der Waals surface area contributed by atoms with Crippen LogP contribution in [0.1, 0.15) is 37.5 Å². The second-order valence-electron chi connectivity index (χ2n) is 8.09. The average Bonchev–Trinajstić information content (AvgIpc) is 3.40. The Labute approximate surface area is 192 Å². The fourth-order valence-electron chi connectivity index (χ4n) is 4.02.